The van der Waals surface area contributed by atoms with Crippen LogP contribution in [-0.4, -0.2) is 20.1 Å². The molecule has 2 rings (SSSR count). The molecular formula is C15H13F2NO3S. The Labute approximate surface area is 126 Å². The summed E-state index contributed by atoms with van der Waals surface area (Å²) < 4.78 is 49.6. The molecule has 0 aliphatic carbocycles. The maximum Gasteiger partial charge on any atom is 0.239 e. The van der Waals surface area contributed by atoms with Crippen LogP contribution in [0.2, 0.25) is 0 Å². The van der Waals surface area contributed by atoms with Crippen molar-refractivity contribution in [1.82, 2.24) is 0 Å². The molecule has 0 bridgehead atoms. The van der Waals surface area contributed by atoms with Gasteiger partial charge in [-0.1, -0.05) is 12.1 Å². The predicted molar refractivity (Wildman–Crippen MR) is 78.9 cm³/mol. The Morgan fingerprint density at radius 1 is 1.00 bits per heavy atom. The molecule has 7 heteroatoms. The highest BCUT2D eigenvalue weighted by molar-refractivity contribution is 7.91. The van der Waals surface area contributed by atoms with Crippen molar-refractivity contribution in [3.63, 3.8) is 0 Å². The second kappa shape index (κ2) is 6.65. The van der Waals surface area contributed by atoms with Gasteiger partial charge in [0, 0.05) is 5.69 Å². The molecule has 0 aliphatic rings. The first-order chi connectivity index (χ1) is 10.3. The maximum absolute atomic E-state index is 13.0. The number of carbonyl (C=O) groups is 1. The van der Waals surface area contributed by atoms with Crippen LogP contribution in [0.3, 0.4) is 0 Å². The molecule has 0 aliphatic heterocycles. The van der Waals surface area contributed by atoms with E-state index in [1.807, 2.05) is 0 Å². The van der Waals surface area contributed by atoms with Crippen LogP contribution in [0.5, 0.6) is 0 Å². The van der Waals surface area contributed by atoms with E-state index in [0.717, 1.165) is 18.2 Å². The zero-order valence-electron chi connectivity index (χ0n) is 11.4. The van der Waals surface area contributed by atoms with Gasteiger partial charge in [-0.05, 0) is 42.0 Å². The summed E-state index contributed by atoms with van der Waals surface area (Å²) in [5.74, 6) is -2.90. The van der Waals surface area contributed by atoms with Crippen LogP contribution in [0.25, 0.3) is 0 Å². The third-order valence-electron chi connectivity index (χ3n) is 2.75. The smallest absolute Gasteiger partial charge is 0.239 e. The number of benzene rings is 2. The second-order valence-electron chi connectivity index (χ2n) is 4.72. The van der Waals surface area contributed by atoms with E-state index in [-0.39, 0.29) is 5.56 Å². The van der Waals surface area contributed by atoms with Crippen LogP contribution < -0.4 is 5.32 Å². The lowest BCUT2D eigenvalue weighted by Crippen LogP contribution is -2.24. The van der Waals surface area contributed by atoms with Gasteiger partial charge >= 0.3 is 0 Å². The highest BCUT2D eigenvalue weighted by atomic mass is 32.2. The summed E-state index contributed by atoms with van der Waals surface area (Å²) in [6.07, 6.45) is 0. The Morgan fingerprint density at radius 2 is 1.68 bits per heavy atom. The second-order valence-corrected chi connectivity index (χ2v) is 6.78. The number of hydrogen-bond donors (Lipinski definition) is 1. The summed E-state index contributed by atoms with van der Waals surface area (Å²) in [6, 6.07) is 10.1. The third kappa shape index (κ3) is 4.92. The van der Waals surface area contributed by atoms with Gasteiger partial charge < -0.3 is 5.32 Å². The number of amides is 1. The minimum absolute atomic E-state index is 0.273. The van der Waals surface area contributed by atoms with Gasteiger partial charge in [-0.3, -0.25) is 4.79 Å². The molecule has 22 heavy (non-hydrogen) atoms. The van der Waals surface area contributed by atoms with Crippen LogP contribution >= 0.6 is 0 Å². The molecule has 116 valence electrons. The van der Waals surface area contributed by atoms with Gasteiger partial charge in [0.15, 0.2) is 9.84 Å². The first-order valence-electron chi connectivity index (χ1n) is 6.34. The highest BCUT2D eigenvalue weighted by Gasteiger charge is 2.18. The molecule has 0 saturated carbocycles. The largest absolute Gasteiger partial charge is 0.325 e. The normalized spacial score (nSPS) is 11.2. The third-order valence-corrected chi connectivity index (χ3v) is 4.23. The quantitative estimate of drug-likeness (QED) is 0.919. The number of anilines is 1. The maximum atomic E-state index is 13.0. The van der Waals surface area contributed by atoms with Crippen molar-refractivity contribution in [3.05, 3.63) is 65.7 Å². The van der Waals surface area contributed by atoms with Crippen LogP contribution in [0, 0.1) is 11.6 Å². The van der Waals surface area contributed by atoms with Crippen molar-refractivity contribution in [2.24, 2.45) is 0 Å². The molecule has 1 N–H and O–H groups in total. The fraction of sp³-hybridized carbons (Fsp3) is 0.133. The monoisotopic (exact) mass is 325 g/mol. The number of rotatable bonds is 5. The minimum Gasteiger partial charge on any atom is -0.325 e. The molecule has 0 saturated heterocycles. The molecular weight excluding hydrogens is 312 g/mol. The predicted octanol–water partition coefficient (Wildman–Crippen LogP) is 2.52. The average molecular weight is 325 g/mol. The first kappa shape index (κ1) is 16.1. The Kier molecular flexibility index (Phi) is 4.87. The number of sulfone groups is 1. The van der Waals surface area contributed by atoms with Gasteiger partial charge in [0.1, 0.15) is 17.4 Å². The topological polar surface area (TPSA) is 63.2 Å². The van der Waals surface area contributed by atoms with Crippen molar-refractivity contribution in [3.8, 4) is 0 Å². The Morgan fingerprint density at radius 3 is 2.32 bits per heavy atom. The van der Waals surface area contributed by atoms with E-state index >= 15 is 0 Å². The van der Waals surface area contributed by atoms with Gasteiger partial charge in [0.05, 0.1) is 5.75 Å². The van der Waals surface area contributed by atoms with E-state index in [9.17, 15) is 22.0 Å². The molecule has 0 unspecified atom stereocenters. The van der Waals surface area contributed by atoms with Crippen LogP contribution in [0.15, 0.2) is 48.5 Å². The number of halogens is 2. The zero-order chi connectivity index (χ0) is 16.2. The summed E-state index contributed by atoms with van der Waals surface area (Å²) in [5, 5.41) is 2.36. The van der Waals surface area contributed by atoms with E-state index in [0.29, 0.717) is 5.69 Å². The van der Waals surface area contributed by atoms with Crippen LogP contribution in [0.1, 0.15) is 5.56 Å². The summed E-state index contributed by atoms with van der Waals surface area (Å²) >= 11 is 0. The Balaban J connectivity index is 1.99. The van der Waals surface area contributed by atoms with E-state index in [2.05, 4.69) is 5.32 Å². The Hall–Kier alpha value is -2.28. The van der Waals surface area contributed by atoms with Gasteiger partial charge in [-0.2, -0.15) is 0 Å². The zero-order valence-corrected chi connectivity index (χ0v) is 12.2. The molecule has 0 aromatic heterocycles. The number of hydrogen-bond acceptors (Lipinski definition) is 3. The average Bonchev–Trinajstić information content (AvgIpc) is 2.40. The summed E-state index contributed by atoms with van der Waals surface area (Å²) in [7, 11) is -3.73. The van der Waals surface area contributed by atoms with Gasteiger partial charge in [0.2, 0.25) is 5.91 Å². The number of nitrogens with one attached hydrogen (secondary N) is 1. The van der Waals surface area contributed by atoms with Gasteiger partial charge in [-0.15, -0.1) is 0 Å². The molecule has 0 radical (unpaired) electrons. The van der Waals surface area contributed by atoms with Crippen LogP contribution in [0.4, 0.5) is 14.5 Å². The molecule has 0 atom stereocenters. The fourth-order valence-corrected chi connectivity index (χ4v) is 3.12. The lowest BCUT2D eigenvalue weighted by atomic mass is 10.2. The minimum atomic E-state index is -3.73. The standard InChI is InChI=1S/C15H13F2NO3S/c16-12-4-6-14(7-5-12)18-15(19)10-22(20,21)9-11-2-1-3-13(17)8-11/h1-8H,9-10H2,(H,18,19). The van der Waals surface area contributed by atoms with Crippen molar-refractivity contribution in [1.29, 1.82) is 0 Å². The van der Waals surface area contributed by atoms with Crippen molar-refractivity contribution < 1.29 is 22.0 Å². The highest BCUT2D eigenvalue weighted by Crippen LogP contribution is 2.11. The summed E-state index contributed by atoms with van der Waals surface area (Å²) in [4.78, 5) is 11.7. The van der Waals surface area contributed by atoms with E-state index < -0.39 is 38.9 Å². The number of carbonyl (C=O) groups excluding carboxylic acids is 1. The first-order valence-corrected chi connectivity index (χ1v) is 8.16. The van der Waals surface area contributed by atoms with Gasteiger partial charge in [-0.25, -0.2) is 17.2 Å². The fourth-order valence-electron chi connectivity index (χ4n) is 1.86. The molecule has 2 aromatic carbocycles. The van der Waals surface area contributed by atoms with Crippen molar-refractivity contribution >= 4 is 21.4 Å². The Bertz CT molecular complexity index is 774. The SMILES string of the molecule is O=C(CS(=O)(=O)Cc1cccc(F)c1)Nc1ccc(F)cc1. The van der Waals surface area contributed by atoms with E-state index in [4.69, 9.17) is 0 Å². The molecule has 0 heterocycles. The van der Waals surface area contributed by atoms with E-state index in [1.165, 1.54) is 30.3 Å². The molecule has 0 fully saturated rings. The molecule has 0 spiro atoms. The van der Waals surface area contributed by atoms with Gasteiger partial charge in [0.25, 0.3) is 0 Å². The summed E-state index contributed by atoms with van der Waals surface area (Å²) in [6.45, 7) is 0. The molecule has 2 aromatic rings. The van der Waals surface area contributed by atoms with E-state index in [1.54, 1.807) is 0 Å². The van der Waals surface area contributed by atoms with Crippen molar-refractivity contribution in [2.75, 3.05) is 11.1 Å². The van der Waals surface area contributed by atoms with Crippen LogP contribution in [-0.2, 0) is 20.4 Å². The lowest BCUT2D eigenvalue weighted by molar-refractivity contribution is -0.113. The molecule has 4 nitrogen and oxygen atoms in total. The summed E-state index contributed by atoms with van der Waals surface area (Å²) in [5.41, 5.74) is 0.571. The molecule has 1 amide bonds. The van der Waals surface area contributed by atoms with Crippen molar-refractivity contribution in [2.45, 2.75) is 5.75 Å². The lowest BCUT2D eigenvalue weighted by Gasteiger charge is -2.07.